The van der Waals surface area contributed by atoms with Gasteiger partial charge < -0.3 is 0 Å². The zero-order valence-electron chi connectivity index (χ0n) is 9.65. The van der Waals surface area contributed by atoms with E-state index in [1.165, 1.54) is 11.1 Å². The first-order valence-electron chi connectivity index (χ1n) is 5.02. The molecule has 0 bridgehead atoms. The molecule has 0 saturated carbocycles. The molecule has 0 aromatic heterocycles. The molecule has 0 atom stereocenters. The summed E-state index contributed by atoms with van der Waals surface area (Å²) < 4.78 is 0. The van der Waals surface area contributed by atoms with Crippen LogP contribution in [0.15, 0.2) is 35.5 Å². The molecule has 0 radical (unpaired) electrons. The molecule has 0 heteroatoms. The van der Waals surface area contributed by atoms with E-state index in [9.17, 15) is 0 Å². The molecule has 0 amide bonds. The van der Waals surface area contributed by atoms with Gasteiger partial charge in [-0.1, -0.05) is 50.6 Å². The summed E-state index contributed by atoms with van der Waals surface area (Å²) in [6, 6.07) is 0. The second-order valence-electron chi connectivity index (χ2n) is 3.99. The largest absolute Gasteiger partial charge is 0.0955 e. The fraction of sp³-hybridized carbons (Fsp3) is 0.538. The highest BCUT2D eigenvalue weighted by molar-refractivity contribution is 5.38. The molecule has 0 heterocycles. The molecular formula is C13H22. The lowest BCUT2D eigenvalue weighted by Crippen LogP contribution is -1.87. The molecule has 0 nitrogen and oxygen atoms in total. The Hall–Kier alpha value is -0.780. The van der Waals surface area contributed by atoms with Crippen LogP contribution in [0.4, 0.5) is 0 Å². The van der Waals surface area contributed by atoms with Crippen molar-refractivity contribution in [2.75, 3.05) is 0 Å². The van der Waals surface area contributed by atoms with E-state index in [0.717, 1.165) is 12.0 Å². The summed E-state index contributed by atoms with van der Waals surface area (Å²) in [7, 11) is 0. The van der Waals surface area contributed by atoms with Crippen molar-refractivity contribution in [1.29, 1.82) is 0 Å². The Bertz CT molecular complexity index is 226. The summed E-state index contributed by atoms with van der Waals surface area (Å²) in [5, 5.41) is 0. The fourth-order valence-electron chi connectivity index (χ4n) is 1.04. The quantitative estimate of drug-likeness (QED) is 0.556. The van der Waals surface area contributed by atoms with Crippen LogP contribution in [-0.2, 0) is 0 Å². The van der Waals surface area contributed by atoms with Crippen LogP contribution in [0.1, 0.15) is 41.0 Å². The topological polar surface area (TPSA) is 0 Å². The maximum Gasteiger partial charge on any atom is -0.0271 e. The van der Waals surface area contributed by atoms with E-state index in [2.05, 4.69) is 53.3 Å². The van der Waals surface area contributed by atoms with Crippen LogP contribution in [-0.4, -0.2) is 0 Å². The third kappa shape index (κ3) is 5.46. The van der Waals surface area contributed by atoms with Crippen LogP contribution in [0.25, 0.3) is 0 Å². The molecular weight excluding hydrogens is 156 g/mol. The SMILES string of the molecule is C=C(C)C(/C=C(\C)CC)=C/C(C)C. The van der Waals surface area contributed by atoms with Crippen molar-refractivity contribution in [3.05, 3.63) is 35.5 Å². The maximum absolute atomic E-state index is 3.98. The van der Waals surface area contributed by atoms with E-state index in [1.54, 1.807) is 0 Å². The summed E-state index contributed by atoms with van der Waals surface area (Å²) in [6.45, 7) is 14.8. The molecule has 13 heavy (non-hydrogen) atoms. The molecule has 0 saturated heterocycles. The van der Waals surface area contributed by atoms with Crippen molar-refractivity contribution in [1.82, 2.24) is 0 Å². The van der Waals surface area contributed by atoms with E-state index in [-0.39, 0.29) is 0 Å². The first-order valence-corrected chi connectivity index (χ1v) is 5.02. The second-order valence-corrected chi connectivity index (χ2v) is 3.99. The third-order valence-corrected chi connectivity index (χ3v) is 1.97. The van der Waals surface area contributed by atoms with Gasteiger partial charge in [-0.15, -0.1) is 0 Å². The third-order valence-electron chi connectivity index (χ3n) is 1.97. The Labute approximate surface area is 83.0 Å². The lowest BCUT2D eigenvalue weighted by molar-refractivity contribution is 0.825. The molecule has 0 fully saturated rings. The molecule has 0 spiro atoms. The number of hydrogen-bond donors (Lipinski definition) is 0. The monoisotopic (exact) mass is 178 g/mol. The highest BCUT2D eigenvalue weighted by Gasteiger charge is 1.96. The van der Waals surface area contributed by atoms with Crippen LogP contribution >= 0.6 is 0 Å². The molecule has 0 rings (SSSR count). The van der Waals surface area contributed by atoms with Gasteiger partial charge in [-0.2, -0.15) is 0 Å². The maximum atomic E-state index is 3.98. The van der Waals surface area contributed by atoms with Crippen LogP contribution < -0.4 is 0 Å². The first kappa shape index (κ1) is 12.2. The highest BCUT2D eigenvalue weighted by Crippen LogP contribution is 2.15. The Morgan fingerprint density at radius 3 is 2.15 bits per heavy atom. The number of allylic oxidation sites excluding steroid dienone is 5. The van der Waals surface area contributed by atoms with Crippen LogP contribution in [0.3, 0.4) is 0 Å². The average Bonchev–Trinajstić information content (AvgIpc) is 2.02. The summed E-state index contributed by atoms with van der Waals surface area (Å²) in [5.41, 5.74) is 3.85. The second kappa shape index (κ2) is 5.80. The van der Waals surface area contributed by atoms with Crippen molar-refractivity contribution in [3.8, 4) is 0 Å². The minimum absolute atomic E-state index is 0.590. The Morgan fingerprint density at radius 2 is 1.85 bits per heavy atom. The summed E-state index contributed by atoms with van der Waals surface area (Å²) in [6.07, 6.45) is 5.62. The van der Waals surface area contributed by atoms with Gasteiger partial charge in [0.2, 0.25) is 0 Å². The van der Waals surface area contributed by atoms with Crippen molar-refractivity contribution in [3.63, 3.8) is 0 Å². The van der Waals surface area contributed by atoms with Gasteiger partial charge in [0.1, 0.15) is 0 Å². The minimum Gasteiger partial charge on any atom is -0.0955 e. The number of rotatable bonds is 4. The fourth-order valence-corrected chi connectivity index (χ4v) is 1.04. The molecule has 0 aliphatic rings. The zero-order chi connectivity index (χ0) is 10.4. The summed E-state index contributed by atoms with van der Waals surface area (Å²) >= 11 is 0. The van der Waals surface area contributed by atoms with E-state index in [1.807, 2.05) is 0 Å². The first-order chi connectivity index (χ1) is 5.97. The zero-order valence-corrected chi connectivity index (χ0v) is 9.65. The Morgan fingerprint density at radius 1 is 1.31 bits per heavy atom. The van der Waals surface area contributed by atoms with Gasteiger partial charge in [0.15, 0.2) is 0 Å². The number of hydrogen-bond acceptors (Lipinski definition) is 0. The van der Waals surface area contributed by atoms with Gasteiger partial charge in [-0.3, -0.25) is 0 Å². The van der Waals surface area contributed by atoms with Gasteiger partial charge >= 0.3 is 0 Å². The molecule has 0 aromatic rings. The predicted molar refractivity (Wildman–Crippen MR) is 61.8 cm³/mol. The van der Waals surface area contributed by atoms with Crippen molar-refractivity contribution >= 4 is 0 Å². The Kier molecular flexibility index (Phi) is 5.45. The summed E-state index contributed by atoms with van der Waals surface area (Å²) in [4.78, 5) is 0. The summed E-state index contributed by atoms with van der Waals surface area (Å²) in [5.74, 6) is 0.590. The van der Waals surface area contributed by atoms with Gasteiger partial charge in [0, 0.05) is 0 Å². The van der Waals surface area contributed by atoms with E-state index in [0.29, 0.717) is 5.92 Å². The lowest BCUT2D eigenvalue weighted by atomic mass is 10.0. The van der Waals surface area contributed by atoms with E-state index < -0.39 is 0 Å². The van der Waals surface area contributed by atoms with Gasteiger partial charge in [-0.25, -0.2) is 0 Å². The standard InChI is InChI=1S/C13H22/c1-7-12(6)9-13(11(4)5)8-10(2)3/h8-10H,4,7H2,1-3,5-6H3/b12-9+,13-8+. The molecule has 74 valence electrons. The molecule has 0 N–H and O–H groups in total. The van der Waals surface area contributed by atoms with Gasteiger partial charge in [0.05, 0.1) is 0 Å². The molecule has 0 unspecified atom stereocenters. The van der Waals surface area contributed by atoms with Crippen LogP contribution in [0.2, 0.25) is 0 Å². The van der Waals surface area contributed by atoms with Crippen LogP contribution in [0.5, 0.6) is 0 Å². The van der Waals surface area contributed by atoms with E-state index in [4.69, 9.17) is 0 Å². The average molecular weight is 178 g/mol. The molecule has 0 aliphatic heterocycles. The van der Waals surface area contributed by atoms with E-state index >= 15 is 0 Å². The van der Waals surface area contributed by atoms with Crippen molar-refractivity contribution in [2.45, 2.75) is 41.0 Å². The Balaban J connectivity index is 4.73. The molecule has 0 aromatic carbocycles. The van der Waals surface area contributed by atoms with Gasteiger partial charge in [-0.05, 0) is 31.8 Å². The molecule has 0 aliphatic carbocycles. The predicted octanol–water partition coefficient (Wildman–Crippen LogP) is 4.50. The van der Waals surface area contributed by atoms with Crippen molar-refractivity contribution < 1.29 is 0 Å². The van der Waals surface area contributed by atoms with Gasteiger partial charge in [0.25, 0.3) is 0 Å². The van der Waals surface area contributed by atoms with Crippen molar-refractivity contribution in [2.24, 2.45) is 5.92 Å². The minimum atomic E-state index is 0.590. The lowest BCUT2D eigenvalue weighted by Gasteiger charge is -2.05. The smallest absolute Gasteiger partial charge is 0.0271 e. The highest BCUT2D eigenvalue weighted by atomic mass is 14.0. The normalized spacial score (nSPS) is 13.7. The van der Waals surface area contributed by atoms with Crippen LogP contribution in [0, 0.1) is 5.92 Å².